The minimum Gasteiger partial charge on any atom is -0.369 e. The molecule has 1 saturated carbocycles. The largest absolute Gasteiger partial charge is 0.369 e. The van der Waals surface area contributed by atoms with Crippen LogP contribution < -0.4 is 0 Å². The molecule has 2 nitrogen and oxygen atoms in total. The molecule has 22 heavy (non-hydrogen) atoms. The molecule has 0 aromatic rings. The molecule has 1 heterocycles. The highest BCUT2D eigenvalue weighted by molar-refractivity contribution is 5.38. The van der Waals surface area contributed by atoms with E-state index in [2.05, 4.69) is 13.2 Å². The van der Waals surface area contributed by atoms with E-state index >= 15 is 0 Å². The SMILES string of the molecule is C=C/C(=C(/F)C(=C)C)C(F)(F)C1CN(C2CC2)CCO1.CC. The first-order valence-corrected chi connectivity index (χ1v) is 7.80. The van der Waals surface area contributed by atoms with Crippen LogP contribution in [0.1, 0.15) is 33.6 Å². The Morgan fingerprint density at radius 1 is 1.32 bits per heavy atom. The second kappa shape index (κ2) is 7.97. The van der Waals surface area contributed by atoms with Crippen LogP contribution in [0.5, 0.6) is 0 Å². The Labute approximate surface area is 131 Å². The highest BCUT2D eigenvalue weighted by Crippen LogP contribution is 2.38. The Balaban J connectivity index is 0.00000116. The molecule has 1 aliphatic heterocycles. The minimum absolute atomic E-state index is 0.0329. The van der Waals surface area contributed by atoms with Crippen molar-refractivity contribution in [3.8, 4) is 0 Å². The average Bonchev–Trinajstić information content (AvgIpc) is 3.34. The summed E-state index contributed by atoms with van der Waals surface area (Å²) in [7, 11) is 0. The standard InChI is InChI=1S/C15H20F3NO.C2H6/c1-4-12(14(16)10(2)3)15(17,18)13-9-19(7-8-20-13)11-5-6-11;1-2/h4,11,13H,1-2,5-9H2,3H3;1-2H3/b14-12-;. The van der Waals surface area contributed by atoms with Crippen molar-refractivity contribution in [2.24, 2.45) is 0 Å². The molecule has 0 bridgehead atoms. The number of hydrogen-bond donors (Lipinski definition) is 0. The first-order valence-electron chi connectivity index (χ1n) is 7.80. The average molecular weight is 317 g/mol. The van der Waals surface area contributed by atoms with Crippen LogP contribution in [0, 0.1) is 0 Å². The summed E-state index contributed by atoms with van der Waals surface area (Å²) in [6, 6.07) is 0.388. The number of nitrogens with zero attached hydrogens (tertiary/aromatic N) is 1. The van der Waals surface area contributed by atoms with Gasteiger partial charge in [-0.1, -0.05) is 33.1 Å². The van der Waals surface area contributed by atoms with Gasteiger partial charge in [-0.25, -0.2) is 4.39 Å². The van der Waals surface area contributed by atoms with Gasteiger partial charge >= 0.3 is 5.92 Å². The summed E-state index contributed by atoms with van der Waals surface area (Å²) in [4.78, 5) is 2.00. The van der Waals surface area contributed by atoms with Crippen LogP contribution in [0.4, 0.5) is 13.2 Å². The molecule has 5 heteroatoms. The van der Waals surface area contributed by atoms with Gasteiger partial charge in [0.2, 0.25) is 0 Å². The Morgan fingerprint density at radius 2 is 1.91 bits per heavy atom. The van der Waals surface area contributed by atoms with Crippen molar-refractivity contribution in [2.75, 3.05) is 19.7 Å². The monoisotopic (exact) mass is 317 g/mol. The zero-order chi connectivity index (χ0) is 16.9. The molecule has 2 aliphatic rings. The van der Waals surface area contributed by atoms with Gasteiger partial charge < -0.3 is 4.74 Å². The Bertz CT molecular complexity index is 441. The second-order valence-electron chi connectivity index (χ2n) is 5.42. The van der Waals surface area contributed by atoms with Crippen LogP contribution in [0.15, 0.2) is 36.2 Å². The summed E-state index contributed by atoms with van der Waals surface area (Å²) >= 11 is 0. The molecule has 0 aromatic carbocycles. The van der Waals surface area contributed by atoms with Gasteiger partial charge in [-0.3, -0.25) is 4.90 Å². The fourth-order valence-corrected chi connectivity index (χ4v) is 2.44. The fourth-order valence-electron chi connectivity index (χ4n) is 2.44. The maximum absolute atomic E-state index is 14.5. The lowest BCUT2D eigenvalue weighted by molar-refractivity contribution is -0.147. The maximum atomic E-state index is 14.5. The quantitative estimate of drug-likeness (QED) is 0.692. The van der Waals surface area contributed by atoms with Gasteiger partial charge in [-0.05, 0) is 25.3 Å². The number of rotatable bonds is 5. The Hall–Kier alpha value is -1.07. The van der Waals surface area contributed by atoms with Crippen LogP contribution in [-0.2, 0) is 4.74 Å². The molecule has 2 rings (SSSR count). The van der Waals surface area contributed by atoms with Crippen molar-refractivity contribution in [2.45, 2.75) is 51.7 Å². The van der Waals surface area contributed by atoms with Gasteiger partial charge in [-0.2, -0.15) is 8.78 Å². The summed E-state index contributed by atoms with van der Waals surface area (Å²) in [5, 5.41) is 0. The predicted octanol–water partition coefficient (Wildman–Crippen LogP) is 4.50. The predicted molar refractivity (Wildman–Crippen MR) is 83.8 cm³/mol. The van der Waals surface area contributed by atoms with E-state index in [9.17, 15) is 13.2 Å². The Morgan fingerprint density at radius 3 is 2.36 bits per heavy atom. The molecule has 1 atom stereocenters. The van der Waals surface area contributed by atoms with E-state index in [1.165, 1.54) is 6.92 Å². The van der Waals surface area contributed by atoms with Gasteiger partial charge in [0.05, 0.1) is 12.2 Å². The molecule has 0 radical (unpaired) electrons. The molecule has 1 unspecified atom stereocenters. The lowest BCUT2D eigenvalue weighted by Gasteiger charge is -2.37. The number of hydrogen-bond acceptors (Lipinski definition) is 2. The fraction of sp³-hybridized carbons (Fsp3) is 0.647. The summed E-state index contributed by atoms with van der Waals surface area (Å²) in [6.07, 6.45) is 1.61. The molecular weight excluding hydrogens is 291 g/mol. The third-order valence-electron chi connectivity index (χ3n) is 3.74. The normalized spacial score (nSPS) is 24.0. The van der Waals surface area contributed by atoms with Crippen LogP contribution >= 0.6 is 0 Å². The molecule has 0 spiro atoms. The Kier molecular flexibility index (Phi) is 6.88. The van der Waals surface area contributed by atoms with Gasteiger partial charge in [0.15, 0.2) is 0 Å². The van der Waals surface area contributed by atoms with E-state index in [0.29, 0.717) is 12.6 Å². The first kappa shape index (κ1) is 19.0. The van der Waals surface area contributed by atoms with E-state index in [1.54, 1.807) is 0 Å². The third-order valence-corrected chi connectivity index (χ3v) is 3.74. The van der Waals surface area contributed by atoms with Crippen LogP contribution in [0.3, 0.4) is 0 Å². The summed E-state index contributed by atoms with van der Waals surface area (Å²) in [5.41, 5.74) is -0.762. The summed E-state index contributed by atoms with van der Waals surface area (Å²) < 4.78 is 48.0. The minimum atomic E-state index is -3.40. The lowest BCUT2D eigenvalue weighted by atomic mass is 9.99. The first-order chi connectivity index (χ1) is 10.4. The molecule has 1 saturated heterocycles. The van der Waals surface area contributed by atoms with E-state index in [-0.39, 0.29) is 18.7 Å². The summed E-state index contributed by atoms with van der Waals surface area (Å²) in [6.45, 7) is 13.1. The van der Waals surface area contributed by atoms with Crippen molar-refractivity contribution in [1.29, 1.82) is 0 Å². The number of allylic oxidation sites excluding steroid dienone is 3. The number of morpholine rings is 1. The molecule has 2 fully saturated rings. The van der Waals surface area contributed by atoms with E-state index in [0.717, 1.165) is 18.9 Å². The van der Waals surface area contributed by atoms with Crippen molar-refractivity contribution >= 4 is 0 Å². The zero-order valence-electron chi connectivity index (χ0n) is 13.7. The highest BCUT2D eigenvalue weighted by Gasteiger charge is 2.48. The molecular formula is C17H26F3NO. The van der Waals surface area contributed by atoms with E-state index < -0.39 is 23.4 Å². The van der Waals surface area contributed by atoms with Crippen molar-refractivity contribution in [3.63, 3.8) is 0 Å². The smallest absolute Gasteiger partial charge is 0.302 e. The second-order valence-corrected chi connectivity index (χ2v) is 5.42. The molecule has 0 amide bonds. The highest BCUT2D eigenvalue weighted by atomic mass is 19.3. The van der Waals surface area contributed by atoms with Gasteiger partial charge in [-0.15, -0.1) is 0 Å². The molecule has 0 N–H and O–H groups in total. The van der Waals surface area contributed by atoms with Crippen molar-refractivity contribution in [3.05, 3.63) is 36.2 Å². The summed E-state index contributed by atoms with van der Waals surface area (Å²) in [5.74, 6) is -4.41. The van der Waals surface area contributed by atoms with Crippen molar-refractivity contribution < 1.29 is 17.9 Å². The van der Waals surface area contributed by atoms with Crippen LogP contribution in [-0.4, -0.2) is 42.7 Å². The van der Waals surface area contributed by atoms with Crippen LogP contribution in [0.2, 0.25) is 0 Å². The van der Waals surface area contributed by atoms with Crippen LogP contribution in [0.25, 0.3) is 0 Å². The van der Waals surface area contributed by atoms with Crippen molar-refractivity contribution in [1.82, 2.24) is 4.90 Å². The number of alkyl halides is 2. The molecule has 126 valence electrons. The maximum Gasteiger partial charge on any atom is 0.302 e. The van der Waals surface area contributed by atoms with E-state index in [1.807, 2.05) is 18.7 Å². The number of ether oxygens (including phenoxy) is 1. The number of halogens is 3. The molecule has 1 aliphatic carbocycles. The van der Waals surface area contributed by atoms with E-state index in [4.69, 9.17) is 4.74 Å². The lowest BCUT2D eigenvalue weighted by Crippen LogP contribution is -2.52. The van der Waals surface area contributed by atoms with Gasteiger partial charge in [0.25, 0.3) is 0 Å². The molecule has 0 aromatic heterocycles. The van der Waals surface area contributed by atoms with Gasteiger partial charge in [0, 0.05) is 19.1 Å². The van der Waals surface area contributed by atoms with Gasteiger partial charge in [0.1, 0.15) is 11.9 Å². The topological polar surface area (TPSA) is 12.5 Å². The third kappa shape index (κ3) is 4.23. The zero-order valence-corrected chi connectivity index (χ0v) is 13.7.